The average Bonchev–Trinajstić information content (AvgIpc) is 3.32. The Hall–Kier alpha value is -1.87. The predicted molar refractivity (Wildman–Crippen MR) is 103 cm³/mol. The van der Waals surface area contributed by atoms with Crippen LogP contribution in [0.4, 0.5) is 0 Å². The van der Waals surface area contributed by atoms with Gasteiger partial charge in [0.15, 0.2) is 9.84 Å². The molecule has 2 saturated heterocycles. The minimum atomic E-state index is -3.14. The van der Waals surface area contributed by atoms with Crippen molar-refractivity contribution in [2.45, 2.75) is 52.2 Å². The Morgan fingerprint density at radius 3 is 2.61 bits per heavy atom. The van der Waals surface area contributed by atoms with E-state index in [4.69, 9.17) is 9.47 Å². The minimum Gasteiger partial charge on any atom is -0.462 e. The third-order valence-electron chi connectivity index (χ3n) is 5.47. The van der Waals surface area contributed by atoms with Crippen LogP contribution in [0.3, 0.4) is 0 Å². The van der Waals surface area contributed by atoms with Gasteiger partial charge in [-0.25, -0.2) is 13.2 Å². The molecule has 1 aromatic rings. The van der Waals surface area contributed by atoms with E-state index in [2.05, 4.69) is 4.98 Å². The summed E-state index contributed by atoms with van der Waals surface area (Å²) >= 11 is 0. The van der Waals surface area contributed by atoms with Crippen LogP contribution in [-0.2, 0) is 19.3 Å². The quantitative estimate of drug-likeness (QED) is 0.712. The smallest absolute Gasteiger partial charge is 0.340 e. The molecule has 0 aromatic carbocycles. The lowest BCUT2D eigenvalue weighted by molar-refractivity contribution is 0.0437. The first kappa shape index (κ1) is 20.9. The van der Waals surface area contributed by atoms with E-state index >= 15 is 0 Å². The van der Waals surface area contributed by atoms with E-state index in [-0.39, 0.29) is 36.2 Å². The number of aromatic nitrogens is 1. The lowest BCUT2D eigenvalue weighted by Crippen LogP contribution is -2.45. The summed E-state index contributed by atoms with van der Waals surface area (Å²) in [5, 5.41) is 0. The molecule has 2 atom stereocenters. The van der Waals surface area contributed by atoms with Crippen LogP contribution in [0.1, 0.15) is 58.3 Å². The fourth-order valence-electron chi connectivity index (χ4n) is 4.04. The first-order valence-corrected chi connectivity index (χ1v) is 11.5. The zero-order valence-corrected chi connectivity index (χ0v) is 17.4. The van der Waals surface area contributed by atoms with Gasteiger partial charge in [0.1, 0.15) is 5.69 Å². The molecule has 3 heterocycles. The lowest BCUT2D eigenvalue weighted by Gasteiger charge is -2.30. The maximum atomic E-state index is 13.4. The molecule has 1 amide bonds. The molecule has 2 fully saturated rings. The van der Waals surface area contributed by atoms with Gasteiger partial charge in [0, 0.05) is 24.9 Å². The van der Waals surface area contributed by atoms with Crippen molar-refractivity contribution in [3.63, 3.8) is 0 Å². The summed E-state index contributed by atoms with van der Waals surface area (Å²) in [5.41, 5.74) is 1.76. The third-order valence-corrected chi connectivity index (χ3v) is 7.22. The maximum absolute atomic E-state index is 13.4. The standard InChI is InChI=1S/C19H28N2O6S/c1-4-26-19(23)16-12(2)17(20-13(16)3)18(22)21(10-15-6-5-8-27-15)14-7-9-28(24,25)11-14/h14-15,20H,4-11H2,1-3H3/t14-,15+/m1/s1. The van der Waals surface area contributed by atoms with Gasteiger partial charge >= 0.3 is 5.97 Å². The number of hydrogen-bond acceptors (Lipinski definition) is 6. The lowest BCUT2D eigenvalue weighted by atomic mass is 10.1. The predicted octanol–water partition coefficient (Wildman–Crippen LogP) is 1.62. The zero-order valence-electron chi connectivity index (χ0n) is 16.6. The summed E-state index contributed by atoms with van der Waals surface area (Å²) in [6, 6.07) is -0.379. The van der Waals surface area contributed by atoms with Crippen molar-refractivity contribution in [3.05, 3.63) is 22.5 Å². The van der Waals surface area contributed by atoms with Crippen molar-refractivity contribution in [2.75, 3.05) is 31.3 Å². The fraction of sp³-hybridized carbons (Fsp3) is 0.684. The number of nitrogens with zero attached hydrogens (tertiary/aromatic N) is 1. The second kappa shape index (κ2) is 8.24. The van der Waals surface area contributed by atoms with Crippen LogP contribution in [0, 0.1) is 13.8 Å². The molecule has 1 N–H and O–H groups in total. The number of esters is 1. The van der Waals surface area contributed by atoms with Gasteiger partial charge in [-0.2, -0.15) is 0 Å². The SMILES string of the molecule is CCOC(=O)c1c(C)[nH]c(C(=O)N(C[C@@H]2CCCO2)[C@@H]2CCS(=O)(=O)C2)c1C. The minimum absolute atomic E-state index is 0.0328. The molecule has 0 aliphatic carbocycles. The van der Waals surface area contributed by atoms with Gasteiger partial charge in [-0.3, -0.25) is 4.79 Å². The van der Waals surface area contributed by atoms with E-state index in [0.717, 1.165) is 12.8 Å². The number of hydrogen-bond donors (Lipinski definition) is 1. The molecule has 2 aliphatic heterocycles. The summed E-state index contributed by atoms with van der Waals surface area (Å²) in [7, 11) is -3.14. The molecule has 9 heteroatoms. The van der Waals surface area contributed by atoms with E-state index < -0.39 is 15.8 Å². The zero-order chi connectivity index (χ0) is 20.5. The molecule has 0 unspecified atom stereocenters. The van der Waals surface area contributed by atoms with Crippen molar-refractivity contribution in [3.8, 4) is 0 Å². The highest BCUT2D eigenvalue weighted by molar-refractivity contribution is 7.91. The largest absolute Gasteiger partial charge is 0.462 e. The number of carbonyl (C=O) groups is 2. The Bertz CT molecular complexity index is 854. The van der Waals surface area contributed by atoms with Gasteiger partial charge in [0.05, 0.1) is 29.8 Å². The Kier molecular flexibility index (Phi) is 6.14. The molecular formula is C19H28N2O6S. The number of amides is 1. The molecule has 156 valence electrons. The van der Waals surface area contributed by atoms with Crippen LogP contribution in [0.5, 0.6) is 0 Å². The number of nitrogens with one attached hydrogen (secondary N) is 1. The van der Waals surface area contributed by atoms with E-state index in [1.807, 2.05) is 0 Å². The second-order valence-electron chi connectivity index (χ2n) is 7.49. The molecule has 8 nitrogen and oxygen atoms in total. The summed E-state index contributed by atoms with van der Waals surface area (Å²) in [6.45, 7) is 6.41. The number of carbonyl (C=O) groups excluding carboxylic acids is 2. The van der Waals surface area contributed by atoms with Crippen LogP contribution in [-0.4, -0.2) is 73.6 Å². The first-order valence-electron chi connectivity index (χ1n) is 9.72. The Morgan fingerprint density at radius 2 is 2.04 bits per heavy atom. The Labute approximate surface area is 165 Å². The van der Waals surface area contributed by atoms with Gasteiger partial charge in [0.2, 0.25) is 0 Å². The van der Waals surface area contributed by atoms with Crippen molar-refractivity contribution < 1.29 is 27.5 Å². The summed E-state index contributed by atoms with van der Waals surface area (Å²) in [6.07, 6.45) is 2.11. The summed E-state index contributed by atoms with van der Waals surface area (Å²) in [4.78, 5) is 30.3. The Morgan fingerprint density at radius 1 is 1.29 bits per heavy atom. The molecule has 0 saturated carbocycles. The summed E-state index contributed by atoms with van der Waals surface area (Å²) in [5.74, 6) is -0.714. The van der Waals surface area contributed by atoms with Crippen molar-refractivity contribution in [1.29, 1.82) is 0 Å². The number of aromatic amines is 1. The highest BCUT2D eigenvalue weighted by Crippen LogP contribution is 2.26. The van der Waals surface area contributed by atoms with Gasteiger partial charge in [0.25, 0.3) is 5.91 Å². The number of H-pyrrole nitrogens is 1. The monoisotopic (exact) mass is 412 g/mol. The number of sulfone groups is 1. The molecule has 0 radical (unpaired) electrons. The van der Waals surface area contributed by atoms with Gasteiger partial charge in [-0.15, -0.1) is 0 Å². The topological polar surface area (TPSA) is 106 Å². The average molecular weight is 413 g/mol. The highest BCUT2D eigenvalue weighted by atomic mass is 32.2. The van der Waals surface area contributed by atoms with Gasteiger partial charge in [-0.05, 0) is 45.6 Å². The van der Waals surface area contributed by atoms with Gasteiger partial charge < -0.3 is 19.4 Å². The molecule has 0 bridgehead atoms. The summed E-state index contributed by atoms with van der Waals surface area (Å²) < 4.78 is 34.8. The van der Waals surface area contributed by atoms with Crippen molar-refractivity contribution >= 4 is 21.7 Å². The van der Waals surface area contributed by atoms with Gasteiger partial charge in [-0.1, -0.05) is 0 Å². The molecule has 3 rings (SSSR count). The molecule has 28 heavy (non-hydrogen) atoms. The highest BCUT2D eigenvalue weighted by Gasteiger charge is 2.38. The van der Waals surface area contributed by atoms with E-state index in [9.17, 15) is 18.0 Å². The number of ether oxygens (including phenoxy) is 2. The fourth-order valence-corrected chi connectivity index (χ4v) is 5.77. The molecule has 0 spiro atoms. The molecule has 1 aromatic heterocycles. The second-order valence-corrected chi connectivity index (χ2v) is 9.72. The van der Waals surface area contributed by atoms with Crippen LogP contribution < -0.4 is 0 Å². The van der Waals surface area contributed by atoms with E-state index in [1.165, 1.54) is 0 Å². The van der Waals surface area contributed by atoms with Crippen LogP contribution >= 0.6 is 0 Å². The van der Waals surface area contributed by atoms with Crippen LogP contribution in [0.25, 0.3) is 0 Å². The van der Waals surface area contributed by atoms with E-state index in [0.29, 0.717) is 42.1 Å². The van der Waals surface area contributed by atoms with Crippen LogP contribution in [0.2, 0.25) is 0 Å². The van der Waals surface area contributed by atoms with Crippen molar-refractivity contribution in [1.82, 2.24) is 9.88 Å². The number of aryl methyl sites for hydroxylation is 1. The normalized spacial score (nSPS) is 23.7. The third kappa shape index (κ3) is 4.25. The molecule has 2 aliphatic rings. The Balaban J connectivity index is 1.90. The maximum Gasteiger partial charge on any atom is 0.340 e. The van der Waals surface area contributed by atoms with E-state index in [1.54, 1.807) is 25.7 Å². The van der Waals surface area contributed by atoms with Crippen LogP contribution in [0.15, 0.2) is 0 Å². The van der Waals surface area contributed by atoms with Crippen molar-refractivity contribution in [2.24, 2.45) is 0 Å². The molecular weight excluding hydrogens is 384 g/mol. The first-order chi connectivity index (χ1) is 13.2. The number of rotatable bonds is 6.